The molecule has 0 radical (unpaired) electrons. The van der Waals surface area contributed by atoms with Crippen LogP contribution in [0.3, 0.4) is 0 Å². The lowest BCUT2D eigenvalue weighted by Crippen LogP contribution is -2.21. The number of ether oxygens (including phenoxy) is 1. The van der Waals surface area contributed by atoms with Gasteiger partial charge in [-0.25, -0.2) is 0 Å². The molecule has 1 aromatic carbocycles. The van der Waals surface area contributed by atoms with Crippen LogP contribution in [-0.4, -0.2) is 24.0 Å². The molecule has 0 saturated heterocycles. The molecule has 1 N–H and O–H groups in total. The van der Waals surface area contributed by atoms with E-state index in [0.29, 0.717) is 13.0 Å². The Labute approximate surface area is 110 Å². The number of para-hydroxylation sites is 1. The van der Waals surface area contributed by atoms with E-state index in [2.05, 4.69) is 0 Å². The van der Waals surface area contributed by atoms with Crippen LogP contribution >= 0.6 is 0 Å². The number of hydrogen-bond acceptors (Lipinski definition) is 2. The SMILES string of the molecule is OC(CCC(F)(F)F)CC1CCOc2ccccc21. The van der Waals surface area contributed by atoms with Crippen molar-refractivity contribution in [2.75, 3.05) is 6.61 Å². The molecule has 0 saturated carbocycles. The molecule has 0 amide bonds. The minimum Gasteiger partial charge on any atom is -0.493 e. The average Bonchev–Trinajstić information content (AvgIpc) is 2.36. The van der Waals surface area contributed by atoms with Gasteiger partial charge in [0, 0.05) is 6.42 Å². The van der Waals surface area contributed by atoms with Crippen LogP contribution < -0.4 is 4.74 Å². The molecular formula is C14H17F3O2. The van der Waals surface area contributed by atoms with E-state index in [4.69, 9.17) is 4.74 Å². The zero-order valence-corrected chi connectivity index (χ0v) is 10.5. The van der Waals surface area contributed by atoms with Crippen molar-refractivity contribution in [2.24, 2.45) is 0 Å². The Kier molecular flexibility index (Phi) is 4.34. The summed E-state index contributed by atoms with van der Waals surface area (Å²) in [5.74, 6) is 0.856. The molecule has 2 nitrogen and oxygen atoms in total. The van der Waals surface area contributed by atoms with Crippen molar-refractivity contribution >= 4 is 0 Å². The zero-order valence-electron chi connectivity index (χ0n) is 10.5. The highest BCUT2D eigenvalue weighted by Gasteiger charge is 2.29. The minimum atomic E-state index is -4.20. The maximum atomic E-state index is 12.1. The van der Waals surface area contributed by atoms with Crippen LogP contribution in [0.4, 0.5) is 13.2 Å². The molecule has 0 fully saturated rings. The molecule has 1 heterocycles. The maximum Gasteiger partial charge on any atom is 0.389 e. The van der Waals surface area contributed by atoms with Crippen molar-refractivity contribution in [1.29, 1.82) is 0 Å². The molecule has 106 valence electrons. The van der Waals surface area contributed by atoms with Crippen molar-refractivity contribution < 1.29 is 23.0 Å². The molecule has 19 heavy (non-hydrogen) atoms. The molecule has 1 aromatic rings. The first-order valence-electron chi connectivity index (χ1n) is 6.42. The highest BCUT2D eigenvalue weighted by atomic mass is 19.4. The molecule has 2 unspecified atom stereocenters. The van der Waals surface area contributed by atoms with E-state index in [1.165, 1.54) is 0 Å². The lowest BCUT2D eigenvalue weighted by Gasteiger charge is -2.27. The second-order valence-electron chi connectivity index (χ2n) is 4.92. The van der Waals surface area contributed by atoms with Crippen molar-refractivity contribution in [1.82, 2.24) is 0 Å². The number of aliphatic hydroxyl groups is 1. The van der Waals surface area contributed by atoms with Crippen LogP contribution in [0, 0.1) is 0 Å². The Morgan fingerprint density at radius 3 is 2.79 bits per heavy atom. The predicted octanol–water partition coefficient (Wildman–Crippen LogP) is 3.65. The maximum absolute atomic E-state index is 12.1. The molecule has 1 aliphatic heterocycles. The third-order valence-electron chi connectivity index (χ3n) is 3.40. The summed E-state index contributed by atoms with van der Waals surface area (Å²) < 4.78 is 41.8. The van der Waals surface area contributed by atoms with Gasteiger partial charge in [-0.1, -0.05) is 18.2 Å². The summed E-state index contributed by atoms with van der Waals surface area (Å²) in [6.45, 7) is 0.549. The second kappa shape index (κ2) is 5.82. The minimum absolute atomic E-state index is 0.0770. The molecule has 2 rings (SSSR count). The van der Waals surface area contributed by atoms with Crippen molar-refractivity contribution in [3.8, 4) is 5.75 Å². The normalized spacial score (nSPS) is 20.5. The number of alkyl halides is 3. The first kappa shape index (κ1) is 14.2. The van der Waals surface area contributed by atoms with E-state index < -0.39 is 18.7 Å². The predicted molar refractivity (Wildman–Crippen MR) is 65.2 cm³/mol. The lowest BCUT2D eigenvalue weighted by molar-refractivity contribution is -0.140. The topological polar surface area (TPSA) is 29.5 Å². The van der Waals surface area contributed by atoms with Gasteiger partial charge < -0.3 is 9.84 Å². The van der Waals surface area contributed by atoms with Crippen molar-refractivity contribution in [3.05, 3.63) is 29.8 Å². The molecule has 0 aromatic heterocycles. The Hall–Kier alpha value is -1.23. The van der Waals surface area contributed by atoms with Crippen LogP contribution in [0.2, 0.25) is 0 Å². The molecule has 0 aliphatic carbocycles. The number of aliphatic hydroxyl groups excluding tert-OH is 1. The first-order valence-corrected chi connectivity index (χ1v) is 6.42. The molecule has 0 bridgehead atoms. The summed E-state index contributed by atoms with van der Waals surface area (Å²) in [6.07, 6.45) is -5.19. The average molecular weight is 274 g/mol. The van der Waals surface area contributed by atoms with Crippen LogP contribution in [0.5, 0.6) is 5.75 Å². The number of hydrogen-bond donors (Lipinski definition) is 1. The Morgan fingerprint density at radius 2 is 2.05 bits per heavy atom. The largest absolute Gasteiger partial charge is 0.493 e. The van der Waals surface area contributed by atoms with Crippen molar-refractivity contribution in [2.45, 2.75) is 43.9 Å². The van der Waals surface area contributed by atoms with Gasteiger partial charge >= 0.3 is 6.18 Å². The van der Waals surface area contributed by atoms with Crippen molar-refractivity contribution in [3.63, 3.8) is 0 Å². The highest BCUT2D eigenvalue weighted by Crippen LogP contribution is 2.37. The highest BCUT2D eigenvalue weighted by molar-refractivity contribution is 5.37. The quantitative estimate of drug-likeness (QED) is 0.908. The smallest absolute Gasteiger partial charge is 0.389 e. The fraction of sp³-hybridized carbons (Fsp3) is 0.571. The Balaban J connectivity index is 1.93. The first-order chi connectivity index (χ1) is 8.96. The summed E-state index contributed by atoms with van der Waals surface area (Å²) in [7, 11) is 0. The van der Waals surface area contributed by atoms with Gasteiger partial charge in [-0.2, -0.15) is 13.2 Å². The van der Waals surface area contributed by atoms with E-state index in [1.807, 2.05) is 24.3 Å². The molecule has 5 heteroatoms. The third kappa shape index (κ3) is 4.13. The summed E-state index contributed by atoms with van der Waals surface area (Å²) in [5, 5.41) is 9.75. The lowest BCUT2D eigenvalue weighted by atomic mass is 9.87. The Bertz CT molecular complexity index is 417. The standard InChI is InChI=1S/C14H17F3O2/c15-14(16,17)7-5-11(18)9-10-6-8-19-13-4-2-1-3-12(10)13/h1-4,10-11,18H,5-9H2. The number of fused-ring (bicyclic) bond motifs is 1. The van der Waals surface area contributed by atoms with Crippen LogP contribution in [-0.2, 0) is 0 Å². The molecule has 0 spiro atoms. The summed E-state index contributed by atoms with van der Waals surface area (Å²) >= 11 is 0. The fourth-order valence-corrected chi connectivity index (χ4v) is 2.44. The monoisotopic (exact) mass is 274 g/mol. The van der Waals surface area contributed by atoms with E-state index in [1.54, 1.807) is 0 Å². The molecule has 1 aliphatic rings. The fourth-order valence-electron chi connectivity index (χ4n) is 2.44. The van der Waals surface area contributed by atoms with Gasteiger partial charge in [-0.3, -0.25) is 0 Å². The molecular weight excluding hydrogens is 257 g/mol. The third-order valence-corrected chi connectivity index (χ3v) is 3.40. The second-order valence-corrected chi connectivity index (χ2v) is 4.92. The van der Waals surface area contributed by atoms with Gasteiger partial charge in [0.25, 0.3) is 0 Å². The van der Waals surface area contributed by atoms with E-state index >= 15 is 0 Å². The van der Waals surface area contributed by atoms with Gasteiger partial charge in [-0.15, -0.1) is 0 Å². The van der Waals surface area contributed by atoms with Crippen LogP contribution in [0.15, 0.2) is 24.3 Å². The van der Waals surface area contributed by atoms with Gasteiger partial charge in [-0.05, 0) is 36.8 Å². The summed E-state index contributed by atoms with van der Waals surface area (Å²) in [5.41, 5.74) is 0.986. The van der Waals surface area contributed by atoms with Gasteiger partial charge in [0.1, 0.15) is 5.75 Å². The van der Waals surface area contributed by atoms with E-state index in [0.717, 1.165) is 17.7 Å². The summed E-state index contributed by atoms with van der Waals surface area (Å²) in [6, 6.07) is 7.50. The van der Waals surface area contributed by atoms with Gasteiger partial charge in [0.05, 0.1) is 12.7 Å². The number of benzene rings is 1. The van der Waals surface area contributed by atoms with Crippen LogP contribution in [0.25, 0.3) is 0 Å². The summed E-state index contributed by atoms with van der Waals surface area (Å²) in [4.78, 5) is 0. The van der Waals surface area contributed by atoms with E-state index in [-0.39, 0.29) is 12.3 Å². The van der Waals surface area contributed by atoms with E-state index in [9.17, 15) is 18.3 Å². The number of halogens is 3. The number of rotatable bonds is 4. The zero-order chi connectivity index (χ0) is 13.9. The van der Waals surface area contributed by atoms with Gasteiger partial charge in [0.2, 0.25) is 0 Å². The Morgan fingerprint density at radius 1 is 1.32 bits per heavy atom. The van der Waals surface area contributed by atoms with Crippen LogP contribution in [0.1, 0.15) is 37.2 Å². The van der Waals surface area contributed by atoms with Gasteiger partial charge in [0.15, 0.2) is 0 Å². The molecule has 2 atom stereocenters.